The van der Waals surface area contributed by atoms with Crippen molar-refractivity contribution in [1.82, 2.24) is 4.31 Å². The van der Waals surface area contributed by atoms with E-state index in [-0.39, 0.29) is 0 Å². The largest absolute Gasteiger partial charge is 0.242 e. The van der Waals surface area contributed by atoms with E-state index in [1.165, 1.54) is 25.7 Å². The second-order valence-corrected chi connectivity index (χ2v) is 5.57. The van der Waals surface area contributed by atoms with E-state index in [0.717, 1.165) is 19.5 Å². The highest BCUT2D eigenvalue weighted by Gasteiger charge is 2.25. The fourth-order valence-corrected chi connectivity index (χ4v) is 3.76. The summed E-state index contributed by atoms with van der Waals surface area (Å²) in [5.41, 5.74) is 0. The Bertz CT molecular complexity index is 221. The van der Waals surface area contributed by atoms with Gasteiger partial charge in [-0.2, -0.15) is 0 Å². The number of rotatable bonds is 2. The van der Waals surface area contributed by atoms with Crippen molar-refractivity contribution >= 4 is 11.0 Å². The van der Waals surface area contributed by atoms with Gasteiger partial charge in [0.1, 0.15) is 0 Å². The van der Waals surface area contributed by atoms with Crippen LogP contribution in [0.15, 0.2) is 12.2 Å². The Labute approximate surface area is 82.6 Å². The highest BCUT2D eigenvalue weighted by atomic mass is 32.2. The van der Waals surface area contributed by atoms with E-state index in [9.17, 15) is 4.21 Å². The Hall–Kier alpha value is -0.150. The minimum Gasteiger partial charge on any atom is -0.242 e. The predicted octanol–water partition coefficient (Wildman–Crippen LogP) is 1.85. The van der Waals surface area contributed by atoms with Crippen molar-refractivity contribution in [2.45, 2.75) is 37.4 Å². The first-order valence-electron chi connectivity index (χ1n) is 5.18. The van der Waals surface area contributed by atoms with Crippen LogP contribution in [0.1, 0.15) is 32.1 Å². The first-order chi connectivity index (χ1) is 6.38. The van der Waals surface area contributed by atoms with Gasteiger partial charge >= 0.3 is 0 Å². The highest BCUT2D eigenvalue weighted by Crippen LogP contribution is 2.25. The van der Waals surface area contributed by atoms with E-state index in [1.54, 1.807) is 0 Å². The molecule has 3 heteroatoms. The highest BCUT2D eigenvalue weighted by molar-refractivity contribution is 7.83. The summed E-state index contributed by atoms with van der Waals surface area (Å²) in [6.45, 7) is 1.88. The third kappa shape index (κ3) is 2.20. The summed E-state index contributed by atoms with van der Waals surface area (Å²) in [5.74, 6) is 0. The van der Waals surface area contributed by atoms with Crippen LogP contribution in [0.25, 0.3) is 0 Å². The first-order valence-corrected chi connectivity index (χ1v) is 6.35. The SMILES string of the molecule is O=S(C1CCCC1)N1CC=CCC1. The van der Waals surface area contributed by atoms with Crippen LogP contribution in [0.5, 0.6) is 0 Å². The number of nitrogens with zero attached hydrogens (tertiary/aromatic N) is 1. The molecule has 2 rings (SSSR count). The number of hydrogen-bond acceptors (Lipinski definition) is 1. The van der Waals surface area contributed by atoms with Gasteiger partial charge in [0.15, 0.2) is 0 Å². The standard InChI is InChI=1S/C10H17NOS/c12-13(10-6-2-3-7-10)11-8-4-1-5-9-11/h1,4,10H,2-3,5-9H2. The fraction of sp³-hybridized carbons (Fsp3) is 0.800. The van der Waals surface area contributed by atoms with Gasteiger partial charge in [-0.1, -0.05) is 25.0 Å². The molecule has 1 heterocycles. The summed E-state index contributed by atoms with van der Waals surface area (Å²) in [7, 11) is -0.700. The molecule has 1 unspecified atom stereocenters. The molecule has 0 saturated heterocycles. The van der Waals surface area contributed by atoms with E-state index in [4.69, 9.17) is 0 Å². The lowest BCUT2D eigenvalue weighted by Gasteiger charge is -2.24. The van der Waals surface area contributed by atoms with Gasteiger partial charge in [0.2, 0.25) is 0 Å². The van der Waals surface area contributed by atoms with E-state index < -0.39 is 11.0 Å². The zero-order chi connectivity index (χ0) is 9.10. The smallest absolute Gasteiger partial charge is 0.0977 e. The molecule has 1 aliphatic heterocycles. The van der Waals surface area contributed by atoms with E-state index in [2.05, 4.69) is 16.5 Å². The first kappa shape index (κ1) is 9.41. The lowest BCUT2D eigenvalue weighted by atomic mass is 10.3. The van der Waals surface area contributed by atoms with Crippen LogP contribution < -0.4 is 0 Å². The Morgan fingerprint density at radius 2 is 2.00 bits per heavy atom. The lowest BCUT2D eigenvalue weighted by molar-refractivity contribution is 0.471. The minimum absolute atomic E-state index is 0.464. The van der Waals surface area contributed by atoms with Gasteiger partial charge in [-0.3, -0.25) is 0 Å². The van der Waals surface area contributed by atoms with Crippen LogP contribution in [-0.2, 0) is 11.0 Å². The Kier molecular flexibility index (Phi) is 3.17. The van der Waals surface area contributed by atoms with Crippen molar-refractivity contribution in [2.24, 2.45) is 0 Å². The third-order valence-electron chi connectivity index (χ3n) is 2.86. The van der Waals surface area contributed by atoms with Gasteiger partial charge < -0.3 is 0 Å². The Morgan fingerprint density at radius 3 is 2.62 bits per heavy atom. The maximum Gasteiger partial charge on any atom is 0.0977 e. The van der Waals surface area contributed by atoms with Gasteiger partial charge in [-0.05, 0) is 19.3 Å². The van der Waals surface area contributed by atoms with Crippen LogP contribution >= 0.6 is 0 Å². The van der Waals surface area contributed by atoms with Crippen LogP contribution in [0.2, 0.25) is 0 Å². The molecule has 1 atom stereocenters. The molecule has 0 N–H and O–H groups in total. The summed E-state index contributed by atoms with van der Waals surface area (Å²) in [6.07, 6.45) is 10.3. The molecule has 2 aliphatic rings. The van der Waals surface area contributed by atoms with E-state index in [0.29, 0.717) is 5.25 Å². The maximum atomic E-state index is 12.0. The fourth-order valence-electron chi connectivity index (χ4n) is 2.08. The number of hydrogen-bond donors (Lipinski definition) is 0. The van der Waals surface area contributed by atoms with Crippen LogP contribution in [0, 0.1) is 0 Å². The molecule has 74 valence electrons. The van der Waals surface area contributed by atoms with Crippen LogP contribution in [-0.4, -0.2) is 26.9 Å². The molecule has 0 aromatic rings. The van der Waals surface area contributed by atoms with Crippen molar-refractivity contribution in [3.05, 3.63) is 12.2 Å². The van der Waals surface area contributed by atoms with Crippen LogP contribution in [0.3, 0.4) is 0 Å². The summed E-state index contributed by atoms with van der Waals surface area (Å²) in [4.78, 5) is 0. The van der Waals surface area contributed by atoms with Gasteiger partial charge in [-0.15, -0.1) is 0 Å². The minimum atomic E-state index is -0.700. The normalized spacial score (nSPS) is 28.0. The molecule has 0 aromatic carbocycles. The molecule has 1 saturated carbocycles. The summed E-state index contributed by atoms with van der Waals surface area (Å²) >= 11 is 0. The van der Waals surface area contributed by atoms with Gasteiger partial charge in [0.25, 0.3) is 0 Å². The van der Waals surface area contributed by atoms with Crippen molar-refractivity contribution in [3.8, 4) is 0 Å². The molecule has 0 radical (unpaired) electrons. The molecular formula is C10H17NOS. The second-order valence-electron chi connectivity index (χ2n) is 3.83. The van der Waals surface area contributed by atoms with Gasteiger partial charge in [0, 0.05) is 18.3 Å². The van der Waals surface area contributed by atoms with Crippen LogP contribution in [0.4, 0.5) is 0 Å². The average molecular weight is 199 g/mol. The van der Waals surface area contributed by atoms with E-state index >= 15 is 0 Å². The molecule has 0 amide bonds. The van der Waals surface area contributed by atoms with Crippen molar-refractivity contribution < 1.29 is 4.21 Å². The Balaban J connectivity index is 1.91. The molecule has 1 fully saturated rings. The molecule has 2 nitrogen and oxygen atoms in total. The summed E-state index contributed by atoms with van der Waals surface area (Å²) < 4.78 is 14.1. The van der Waals surface area contributed by atoms with Gasteiger partial charge in [-0.25, -0.2) is 8.51 Å². The molecule has 0 aromatic heterocycles. The van der Waals surface area contributed by atoms with Crippen molar-refractivity contribution in [3.63, 3.8) is 0 Å². The lowest BCUT2D eigenvalue weighted by Crippen LogP contribution is -2.34. The quantitative estimate of drug-likeness (QED) is 0.622. The average Bonchev–Trinajstić information content (AvgIpc) is 2.71. The summed E-state index contributed by atoms with van der Waals surface area (Å²) in [6, 6.07) is 0. The predicted molar refractivity (Wildman–Crippen MR) is 55.7 cm³/mol. The topological polar surface area (TPSA) is 20.3 Å². The van der Waals surface area contributed by atoms with Crippen molar-refractivity contribution in [2.75, 3.05) is 13.1 Å². The summed E-state index contributed by atoms with van der Waals surface area (Å²) in [5, 5.41) is 0.464. The molecule has 1 aliphatic carbocycles. The molecular weight excluding hydrogens is 182 g/mol. The molecule has 0 bridgehead atoms. The Morgan fingerprint density at radius 1 is 1.23 bits per heavy atom. The zero-order valence-corrected chi connectivity index (χ0v) is 8.76. The van der Waals surface area contributed by atoms with E-state index in [1.807, 2.05) is 0 Å². The van der Waals surface area contributed by atoms with Crippen molar-refractivity contribution in [1.29, 1.82) is 0 Å². The second kappa shape index (κ2) is 4.38. The van der Waals surface area contributed by atoms with Gasteiger partial charge in [0.05, 0.1) is 11.0 Å². The molecule has 0 spiro atoms. The molecule has 13 heavy (non-hydrogen) atoms. The third-order valence-corrected chi connectivity index (χ3v) is 4.75. The maximum absolute atomic E-state index is 12.0. The zero-order valence-electron chi connectivity index (χ0n) is 7.95. The monoisotopic (exact) mass is 199 g/mol.